The summed E-state index contributed by atoms with van der Waals surface area (Å²) in [6.07, 6.45) is 0. The Morgan fingerprint density at radius 2 is 1.15 bits per heavy atom. The molecular formula is C25H18O. The van der Waals surface area contributed by atoms with E-state index in [0.717, 1.165) is 11.2 Å². The van der Waals surface area contributed by atoms with Gasteiger partial charge in [-0.05, 0) is 47.4 Å². The zero-order chi connectivity index (χ0) is 17.5. The molecule has 0 amide bonds. The van der Waals surface area contributed by atoms with E-state index in [1.54, 1.807) is 0 Å². The van der Waals surface area contributed by atoms with Crippen molar-refractivity contribution in [2.24, 2.45) is 0 Å². The summed E-state index contributed by atoms with van der Waals surface area (Å²) < 4.78 is 5.93. The summed E-state index contributed by atoms with van der Waals surface area (Å²) in [4.78, 5) is 0. The van der Waals surface area contributed by atoms with Gasteiger partial charge in [0.05, 0.1) is 0 Å². The molecule has 0 N–H and O–H groups in total. The second-order valence-corrected chi connectivity index (χ2v) is 6.76. The second-order valence-electron chi connectivity index (χ2n) is 6.76. The lowest BCUT2D eigenvalue weighted by Gasteiger charge is -2.06. The van der Waals surface area contributed by atoms with E-state index < -0.39 is 0 Å². The van der Waals surface area contributed by atoms with Gasteiger partial charge in [0.25, 0.3) is 0 Å². The van der Waals surface area contributed by atoms with E-state index >= 15 is 0 Å². The Bertz CT molecular complexity index is 1230. The topological polar surface area (TPSA) is 13.1 Å². The van der Waals surface area contributed by atoms with E-state index in [4.69, 9.17) is 4.42 Å². The van der Waals surface area contributed by atoms with E-state index in [1.807, 2.05) is 12.1 Å². The Hall–Kier alpha value is -3.32. The van der Waals surface area contributed by atoms with E-state index in [1.165, 1.54) is 38.6 Å². The van der Waals surface area contributed by atoms with Gasteiger partial charge in [-0.25, -0.2) is 0 Å². The molecule has 0 aliphatic rings. The van der Waals surface area contributed by atoms with Gasteiger partial charge < -0.3 is 4.42 Å². The highest BCUT2D eigenvalue weighted by Gasteiger charge is 2.08. The molecule has 0 radical (unpaired) electrons. The summed E-state index contributed by atoms with van der Waals surface area (Å²) in [5.41, 5.74) is 8.08. The molecule has 0 saturated carbocycles. The first-order valence-electron chi connectivity index (χ1n) is 8.87. The van der Waals surface area contributed by atoms with Crippen molar-refractivity contribution in [3.8, 4) is 22.3 Å². The molecule has 1 nitrogen and oxygen atoms in total. The van der Waals surface area contributed by atoms with Crippen LogP contribution >= 0.6 is 0 Å². The molecule has 0 saturated heterocycles. The minimum absolute atomic E-state index is 0.936. The summed E-state index contributed by atoms with van der Waals surface area (Å²) in [5.74, 6) is 0. The maximum absolute atomic E-state index is 5.93. The predicted molar refractivity (Wildman–Crippen MR) is 109 cm³/mol. The third-order valence-electron chi connectivity index (χ3n) is 4.95. The monoisotopic (exact) mass is 334 g/mol. The standard InChI is InChI=1S/C25H18O/c1-17-5-4-6-20(15-17)18-9-11-19(12-10-18)21-13-14-25-23(16-21)22-7-2-3-8-24(22)26-25/h2-16H,1H3. The van der Waals surface area contributed by atoms with Gasteiger partial charge in [-0.2, -0.15) is 0 Å². The van der Waals surface area contributed by atoms with E-state index in [0.29, 0.717) is 0 Å². The first kappa shape index (κ1) is 15.0. The molecule has 1 heterocycles. The van der Waals surface area contributed by atoms with Crippen LogP contribution < -0.4 is 0 Å². The van der Waals surface area contributed by atoms with Gasteiger partial charge in [-0.15, -0.1) is 0 Å². The van der Waals surface area contributed by atoms with Gasteiger partial charge in [0.2, 0.25) is 0 Å². The summed E-state index contributed by atoms with van der Waals surface area (Å²) in [5, 5.41) is 2.33. The fraction of sp³-hybridized carbons (Fsp3) is 0.0400. The first-order valence-corrected chi connectivity index (χ1v) is 8.87. The van der Waals surface area contributed by atoms with Crippen LogP contribution in [0.25, 0.3) is 44.2 Å². The van der Waals surface area contributed by atoms with E-state index in [-0.39, 0.29) is 0 Å². The zero-order valence-electron chi connectivity index (χ0n) is 14.6. The SMILES string of the molecule is Cc1cccc(-c2ccc(-c3ccc4oc5ccccc5c4c3)cc2)c1. The molecule has 4 aromatic carbocycles. The second kappa shape index (κ2) is 5.89. The molecule has 0 aliphatic carbocycles. The number of rotatable bonds is 2. The molecule has 0 bridgehead atoms. The largest absolute Gasteiger partial charge is 0.456 e. The van der Waals surface area contributed by atoms with E-state index in [2.05, 4.69) is 85.8 Å². The number of hydrogen-bond acceptors (Lipinski definition) is 1. The average Bonchev–Trinajstić information content (AvgIpc) is 3.06. The first-order chi connectivity index (χ1) is 12.8. The number of aryl methyl sites for hydroxylation is 1. The summed E-state index contributed by atoms with van der Waals surface area (Å²) >= 11 is 0. The Labute approximate surface area is 152 Å². The zero-order valence-corrected chi connectivity index (χ0v) is 14.6. The molecule has 0 unspecified atom stereocenters. The number of fused-ring (bicyclic) bond motifs is 3. The predicted octanol–water partition coefficient (Wildman–Crippen LogP) is 7.23. The molecule has 1 aromatic heterocycles. The van der Waals surface area contributed by atoms with Crippen LogP contribution in [0.4, 0.5) is 0 Å². The molecule has 0 spiro atoms. The molecule has 1 heteroatoms. The van der Waals surface area contributed by atoms with Crippen molar-refractivity contribution >= 4 is 21.9 Å². The Kier molecular flexibility index (Phi) is 3.39. The number of hydrogen-bond donors (Lipinski definition) is 0. The molecule has 0 atom stereocenters. The van der Waals surface area contributed by atoms with Crippen LogP contribution in [0.2, 0.25) is 0 Å². The molecule has 26 heavy (non-hydrogen) atoms. The van der Waals surface area contributed by atoms with Crippen LogP contribution in [0, 0.1) is 6.92 Å². The lowest BCUT2D eigenvalue weighted by Crippen LogP contribution is -1.81. The van der Waals surface area contributed by atoms with Gasteiger partial charge in [0.15, 0.2) is 0 Å². The van der Waals surface area contributed by atoms with Gasteiger partial charge in [0.1, 0.15) is 11.2 Å². The average molecular weight is 334 g/mol. The van der Waals surface area contributed by atoms with Crippen molar-refractivity contribution in [3.63, 3.8) is 0 Å². The van der Waals surface area contributed by atoms with Crippen molar-refractivity contribution in [1.82, 2.24) is 0 Å². The third-order valence-corrected chi connectivity index (χ3v) is 4.95. The van der Waals surface area contributed by atoms with Crippen LogP contribution in [-0.4, -0.2) is 0 Å². The van der Waals surface area contributed by atoms with Crippen LogP contribution in [0.5, 0.6) is 0 Å². The molecule has 0 aliphatic heterocycles. The summed E-state index contributed by atoms with van der Waals surface area (Å²) in [6.45, 7) is 2.13. The van der Waals surface area contributed by atoms with Gasteiger partial charge in [-0.3, -0.25) is 0 Å². The van der Waals surface area contributed by atoms with Crippen LogP contribution in [0.1, 0.15) is 5.56 Å². The molecule has 5 aromatic rings. The summed E-state index contributed by atoms with van der Waals surface area (Å²) in [7, 11) is 0. The lowest BCUT2D eigenvalue weighted by atomic mass is 9.98. The molecule has 124 valence electrons. The quantitative estimate of drug-likeness (QED) is 0.332. The highest BCUT2D eigenvalue weighted by Crippen LogP contribution is 2.33. The highest BCUT2D eigenvalue weighted by atomic mass is 16.3. The van der Waals surface area contributed by atoms with Crippen molar-refractivity contribution in [1.29, 1.82) is 0 Å². The van der Waals surface area contributed by atoms with Crippen molar-refractivity contribution in [3.05, 3.63) is 96.6 Å². The molecular weight excluding hydrogens is 316 g/mol. The van der Waals surface area contributed by atoms with Crippen molar-refractivity contribution in [2.45, 2.75) is 6.92 Å². The van der Waals surface area contributed by atoms with Crippen LogP contribution in [-0.2, 0) is 0 Å². The smallest absolute Gasteiger partial charge is 0.135 e. The lowest BCUT2D eigenvalue weighted by molar-refractivity contribution is 0.669. The minimum Gasteiger partial charge on any atom is -0.456 e. The van der Waals surface area contributed by atoms with Gasteiger partial charge in [0, 0.05) is 10.8 Å². The molecule has 0 fully saturated rings. The Balaban J connectivity index is 1.58. The van der Waals surface area contributed by atoms with Crippen LogP contribution in [0.3, 0.4) is 0 Å². The Morgan fingerprint density at radius 3 is 1.92 bits per heavy atom. The number of furan rings is 1. The fourth-order valence-corrected chi connectivity index (χ4v) is 3.59. The van der Waals surface area contributed by atoms with Crippen LogP contribution in [0.15, 0.2) is 95.4 Å². The highest BCUT2D eigenvalue weighted by molar-refractivity contribution is 6.06. The Morgan fingerprint density at radius 1 is 0.500 bits per heavy atom. The number of benzene rings is 4. The minimum atomic E-state index is 0.936. The maximum Gasteiger partial charge on any atom is 0.135 e. The maximum atomic E-state index is 5.93. The third kappa shape index (κ3) is 2.49. The number of para-hydroxylation sites is 1. The van der Waals surface area contributed by atoms with Gasteiger partial charge >= 0.3 is 0 Å². The molecule has 5 rings (SSSR count). The van der Waals surface area contributed by atoms with E-state index in [9.17, 15) is 0 Å². The normalized spacial score (nSPS) is 11.3. The summed E-state index contributed by atoms with van der Waals surface area (Å²) in [6, 6.07) is 32.0. The van der Waals surface area contributed by atoms with Crippen molar-refractivity contribution in [2.75, 3.05) is 0 Å². The van der Waals surface area contributed by atoms with Crippen molar-refractivity contribution < 1.29 is 4.42 Å². The van der Waals surface area contributed by atoms with Gasteiger partial charge in [-0.1, -0.05) is 78.4 Å². The fourth-order valence-electron chi connectivity index (χ4n) is 3.59.